The van der Waals surface area contributed by atoms with E-state index in [9.17, 15) is 18.0 Å². The Labute approximate surface area is 145 Å². The van der Waals surface area contributed by atoms with E-state index in [-0.39, 0.29) is 17.3 Å². The van der Waals surface area contributed by atoms with Crippen LogP contribution in [0.25, 0.3) is 10.9 Å². The van der Waals surface area contributed by atoms with Gasteiger partial charge >= 0.3 is 6.18 Å². The molecule has 25 heavy (non-hydrogen) atoms. The first kappa shape index (κ1) is 17.1. The normalized spacial score (nSPS) is 11.7. The third-order valence-corrected chi connectivity index (χ3v) is 3.86. The second kappa shape index (κ2) is 6.29. The minimum atomic E-state index is -4.53. The molecule has 0 bridgehead atoms. The molecular formula is C16H12ClF3N4O. The molecule has 130 valence electrons. The van der Waals surface area contributed by atoms with E-state index in [0.717, 1.165) is 23.6 Å². The number of alkyl halides is 3. The summed E-state index contributed by atoms with van der Waals surface area (Å²) >= 11 is 5.87. The largest absolute Gasteiger partial charge is 0.416 e. The number of aromatic nitrogens is 2. The quantitative estimate of drug-likeness (QED) is 0.688. The number of anilines is 2. The first-order valence-electron chi connectivity index (χ1n) is 7.12. The molecule has 3 rings (SSSR count). The van der Waals surface area contributed by atoms with Crippen molar-refractivity contribution in [2.45, 2.75) is 12.7 Å². The van der Waals surface area contributed by atoms with Crippen LogP contribution < -0.4 is 11.1 Å². The number of nitrogens with zero attached hydrogens (tertiary/aromatic N) is 2. The number of nitrogens with one attached hydrogen (secondary N) is 1. The molecule has 1 heterocycles. The highest BCUT2D eigenvalue weighted by Crippen LogP contribution is 2.33. The first-order valence-corrected chi connectivity index (χ1v) is 7.49. The highest BCUT2D eigenvalue weighted by molar-refractivity contribution is 6.33. The van der Waals surface area contributed by atoms with Crippen molar-refractivity contribution in [2.75, 3.05) is 11.1 Å². The van der Waals surface area contributed by atoms with Crippen LogP contribution in [0.15, 0.2) is 42.6 Å². The molecule has 0 atom stereocenters. The summed E-state index contributed by atoms with van der Waals surface area (Å²) in [4.78, 5) is 12.2. The summed E-state index contributed by atoms with van der Waals surface area (Å²) in [5.41, 5.74) is 5.86. The minimum Gasteiger partial charge on any atom is -0.399 e. The summed E-state index contributed by atoms with van der Waals surface area (Å²) in [7, 11) is 0. The topological polar surface area (TPSA) is 72.9 Å². The second-order valence-corrected chi connectivity index (χ2v) is 5.77. The number of hydrogen-bond acceptors (Lipinski definition) is 3. The van der Waals surface area contributed by atoms with Crippen LogP contribution in [-0.4, -0.2) is 15.7 Å². The Morgan fingerprint density at radius 3 is 2.72 bits per heavy atom. The molecule has 2 aromatic carbocycles. The fourth-order valence-electron chi connectivity index (χ4n) is 2.34. The van der Waals surface area contributed by atoms with Crippen LogP contribution in [0.1, 0.15) is 5.56 Å². The third kappa shape index (κ3) is 3.69. The van der Waals surface area contributed by atoms with Crippen LogP contribution in [0, 0.1) is 0 Å². The zero-order valence-corrected chi connectivity index (χ0v) is 13.4. The Morgan fingerprint density at radius 2 is 2.00 bits per heavy atom. The van der Waals surface area contributed by atoms with Crippen molar-refractivity contribution >= 4 is 39.8 Å². The van der Waals surface area contributed by atoms with Gasteiger partial charge in [0.25, 0.3) is 0 Å². The van der Waals surface area contributed by atoms with E-state index < -0.39 is 17.6 Å². The summed E-state index contributed by atoms with van der Waals surface area (Å²) < 4.78 is 39.7. The van der Waals surface area contributed by atoms with E-state index in [2.05, 4.69) is 10.4 Å². The number of hydrogen-bond donors (Lipinski definition) is 2. The lowest BCUT2D eigenvalue weighted by Gasteiger charge is -2.12. The summed E-state index contributed by atoms with van der Waals surface area (Å²) in [6.07, 6.45) is -2.96. The smallest absolute Gasteiger partial charge is 0.399 e. The molecule has 3 aromatic rings. The van der Waals surface area contributed by atoms with E-state index in [4.69, 9.17) is 17.3 Å². The van der Waals surface area contributed by atoms with Crippen LogP contribution in [-0.2, 0) is 17.5 Å². The van der Waals surface area contributed by atoms with E-state index in [1.807, 2.05) is 0 Å². The molecule has 1 aromatic heterocycles. The number of carbonyl (C=O) groups is 1. The highest BCUT2D eigenvalue weighted by atomic mass is 35.5. The molecule has 0 aliphatic heterocycles. The Bertz CT molecular complexity index is 952. The average Bonchev–Trinajstić information content (AvgIpc) is 2.90. The number of carbonyl (C=O) groups excluding carboxylic acids is 1. The summed E-state index contributed by atoms with van der Waals surface area (Å²) in [5, 5.41) is 7.26. The molecule has 0 saturated heterocycles. The standard InChI is InChI=1S/C16H12ClF3N4O/c17-12-4-2-10(16(18,19)20)5-13(12)23-15(25)8-24-14-6-11(21)3-1-9(14)7-22-24/h1-7H,8,21H2,(H,23,25). The minimum absolute atomic E-state index is 0.0101. The highest BCUT2D eigenvalue weighted by Gasteiger charge is 2.31. The lowest BCUT2D eigenvalue weighted by Crippen LogP contribution is -2.20. The van der Waals surface area contributed by atoms with E-state index in [1.165, 1.54) is 4.68 Å². The maximum atomic E-state index is 12.8. The Balaban J connectivity index is 1.82. The summed E-state index contributed by atoms with van der Waals surface area (Å²) in [6.45, 7) is -0.195. The molecule has 0 aliphatic rings. The fraction of sp³-hybridized carbons (Fsp3) is 0.125. The number of fused-ring (bicyclic) bond motifs is 1. The van der Waals surface area contributed by atoms with Crippen LogP contribution in [0.4, 0.5) is 24.5 Å². The van der Waals surface area contributed by atoms with Gasteiger partial charge in [-0.05, 0) is 36.4 Å². The number of benzene rings is 2. The molecule has 0 fully saturated rings. The monoisotopic (exact) mass is 368 g/mol. The molecule has 9 heteroatoms. The van der Waals surface area contributed by atoms with Gasteiger partial charge in [0, 0.05) is 11.1 Å². The van der Waals surface area contributed by atoms with Gasteiger partial charge < -0.3 is 11.1 Å². The summed E-state index contributed by atoms with van der Waals surface area (Å²) in [6, 6.07) is 7.85. The molecule has 1 amide bonds. The fourth-order valence-corrected chi connectivity index (χ4v) is 2.50. The maximum absolute atomic E-state index is 12.8. The molecular weight excluding hydrogens is 357 g/mol. The van der Waals surface area contributed by atoms with Gasteiger partial charge in [-0.3, -0.25) is 9.48 Å². The molecule has 0 spiro atoms. The van der Waals surface area contributed by atoms with Gasteiger partial charge in [-0.2, -0.15) is 18.3 Å². The molecule has 0 aliphatic carbocycles. The molecule has 0 saturated carbocycles. The molecule has 0 radical (unpaired) electrons. The zero-order chi connectivity index (χ0) is 18.2. The van der Waals surface area contributed by atoms with Gasteiger partial charge in [-0.15, -0.1) is 0 Å². The van der Waals surface area contributed by atoms with Gasteiger partial charge in [0.1, 0.15) is 6.54 Å². The van der Waals surface area contributed by atoms with Gasteiger partial charge in [0.05, 0.1) is 28.0 Å². The SMILES string of the molecule is Nc1ccc2cnn(CC(=O)Nc3cc(C(F)(F)F)ccc3Cl)c2c1. The second-order valence-electron chi connectivity index (χ2n) is 5.36. The van der Waals surface area contributed by atoms with Crippen molar-refractivity contribution in [2.24, 2.45) is 0 Å². The lowest BCUT2D eigenvalue weighted by molar-refractivity contribution is -0.137. The Morgan fingerprint density at radius 1 is 1.24 bits per heavy atom. The lowest BCUT2D eigenvalue weighted by atomic mass is 10.2. The van der Waals surface area contributed by atoms with Crippen LogP contribution in [0.2, 0.25) is 5.02 Å². The number of nitrogen functional groups attached to an aromatic ring is 1. The molecule has 0 unspecified atom stereocenters. The van der Waals surface area contributed by atoms with Crippen molar-refractivity contribution in [1.82, 2.24) is 9.78 Å². The zero-order valence-electron chi connectivity index (χ0n) is 12.6. The van der Waals surface area contributed by atoms with Crippen LogP contribution in [0.3, 0.4) is 0 Å². The van der Waals surface area contributed by atoms with Crippen molar-refractivity contribution < 1.29 is 18.0 Å². The van der Waals surface area contributed by atoms with Crippen molar-refractivity contribution in [3.8, 4) is 0 Å². The number of rotatable bonds is 3. The number of nitrogens with two attached hydrogens (primary N) is 1. The summed E-state index contributed by atoms with van der Waals surface area (Å²) in [5.74, 6) is -0.561. The van der Waals surface area contributed by atoms with Crippen molar-refractivity contribution in [3.05, 3.63) is 53.2 Å². The maximum Gasteiger partial charge on any atom is 0.416 e. The van der Waals surface area contributed by atoms with Gasteiger partial charge in [0.2, 0.25) is 5.91 Å². The van der Waals surface area contributed by atoms with Gasteiger partial charge in [0.15, 0.2) is 0 Å². The predicted octanol–water partition coefficient (Wildman–Crippen LogP) is 3.93. The Kier molecular flexibility index (Phi) is 4.30. The van der Waals surface area contributed by atoms with Crippen molar-refractivity contribution in [3.63, 3.8) is 0 Å². The van der Waals surface area contributed by atoms with Gasteiger partial charge in [-0.25, -0.2) is 0 Å². The van der Waals surface area contributed by atoms with E-state index in [0.29, 0.717) is 11.2 Å². The Hall–Kier alpha value is -2.74. The number of halogens is 4. The molecule has 5 nitrogen and oxygen atoms in total. The average molecular weight is 369 g/mol. The predicted molar refractivity (Wildman–Crippen MR) is 89.2 cm³/mol. The van der Waals surface area contributed by atoms with Crippen molar-refractivity contribution in [1.29, 1.82) is 0 Å². The first-order chi connectivity index (χ1) is 11.7. The van der Waals surface area contributed by atoms with E-state index >= 15 is 0 Å². The number of amides is 1. The van der Waals surface area contributed by atoms with Crippen LogP contribution >= 0.6 is 11.6 Å². The van der Waals surface area contributed by atoms with E-state index in [1.54, 1.807) is 24.4 Å². The molecule has 3 N–H and O–H groups in total. The third-order valence-electron chi connectivity index (χ3n) is 3.53. The van der Waals surface area contributed by atoms with Crippen LogP contribution in [0.5, 0.6) is 0 Å². The van der Waals surface area contributed by atoms with Gasteiger partial charge in [-0.1, -0.05) is 11.6 Å².